The number of sulfonamides is 1. The summed E-state index contributed by atoms with van der Waals surface area (Å²) in [5.74, 6) is -0.0101. The molecule has 2 atom stereocenters. The van der Waals surface area contributed by atoms with Crippen LogP contribution in [0.3, 0.4) is 0 Å². The van der Waals surface area contributed by atoms with Crippen LogP contribution in [0.15, 0.2) is 64.5 Å². The van der Waals surface area contributed by atoms with Gasteiger partial charge in [0.15, 0.2) is 0 Å². The average molecular weight is 506 g/mol. The lowest BCUT2D eigenvalue weighted by atomic mass is 10.0. The van der Waals surface area contributed by atoms with Crippen LogP contribution in [0.2, 0.25) is 0 Å². The Morgan fingerprint density at radius 3 is 2.14 bits per heavy atom. The van der Waals surface area contributed by atoms with Crippen LogP contribution in [0.1, 0.15) is 45.7 Å². The molecule has 35 heavy (non-hydrogen) atoms. The quantitative estimate of drug-likeness (QED) is 0.357. The van der Waals surface area contributed by atoms with Crippen molar-refractivity contribution in [1.29, 1.82) is 0 Å². The summed E-state index contributed by atoms with van der Waals surface area (Å²) in [6, 6.07) is 14.3. The first-order chi connectivity index (χ1) is 16.3. The minimum Gasteiger partial charge on any atom is -0.595 e. The largest absolute Gasteiger partial charge is 0.595 e. The third kappa shape index (κ3) is 9.25. The van der Waals surface area contributed by atoms with E-state index in [1.807, 2.05) is 44.2 Å². The van der Waals surface area contributed by atoms with Gasteiger partial charge >= 0.3 is 0 Å². The van der Waals surface area contributed by atoms with Gasteiger partial charge in [0.05, 0.1) is 23.6 Å². The van der Waals surface area contributed by atoms with Crippen molar-refractivity contribution >= 4 is 16.1 Å². The van der Waals surface area contributed by atoms with Gasteiger partial charge in [-0.1, -0.05) is 77.1 Å². The number of hydrogen-bond acceptors (Lipinski definition) is 7. The van der Waals surface area contributed by atoms with Gasteiger partial charge in [-0.3, -0.25) is 4.99 Å². The summed E-state index contributed by atoms with van der Waals surface area (Å²) >= 11 is 0. The molecule has 0 aliphatic carbocycles. The fraction of sp³-hybridized carbons (Fsp3) is 0.500. The number of nitrogens with zero attached hydrogens (tertiary/aromatic N) is 2. The first-order valence-corrected chi connectivity index (χ1v) is 13.1. The summed E-state index contributed by atoms with van der Waals surface area (Å²) in [7, 11) is -3.95. The summed E-state index contributed by atoms with van der Waals surface area (Å²) in [4.78, 5) is 4.17. The van der Waals surface area contributed by atoms with Crippen molar-refractivity contribution in [1.82, 2.24) is 4.31 Å². The normalized spacial score (nSPS) is 14.8. The minimum atomic E-state index is -3.95. The van der Waals surface area contributed by atoms with E-state index in [2.05, 4.69) is 4.99 Å². The summed E-state index contributed by atoms with van der Waals surface area (Å²) in [6.45, 7) is 8.68. The van der Waals surface area contributed by atoms with Crippen molar-refractivity contribution in [2.75, 3.05) is 13.1 Å². The van der Waals surface area contributed by atoms with Gasteiger partial charge in [-0.05, 0) is 35.6 Å². The maximum atomic E-state index is 13.4. The lowest BCUT2D eigenvalue weighted by Crippen LogP contribution is -2.45. The zero-order valence-corrected chi connectivity index (χ0v) is 21.9. The third-order valence-electron chi connectivity index (χ3n) is 5.10. The molecule has 2 N–H and O–H groups in total. The molecule has 194 valence electrons. The first-order valence-electron chi connectivity index (χ1n) is 11.7. The second-order valence-electron chi connectivity index (χ2n) is 9.95. The molecule has 0 unspecified atom stereocenters. The van der Waals surface area contributed by atoms with Crippen molar-refractivity contribution in [2.24, 2.45) is 10.9 Å². The molecule has 9 heteroatoms. The van der Waals surface area contributed by atoms with Gasteiger partial charge in [0.2, 0.25) is 10.0 Å². The number of hydrogen-bond donors (Lipinski definition) is 2. The molecule has 2 rings (SSSR count). The van der Waals surface area contributed by atoms with E-state index in [0.717, 1.165) is 5.56 Å². The second-order valence-corrected chi connectivity index (χ2v) is 11.9. The number of ether oxygens (including phenoxy) is 1. The van der Waals surface area contributed by atoms with Gasteiger partial charge in [-0.2, -0.15) is 4.31 Å². The highest BCUT2D eigenvalue weighted by Gasteiger charge is 2.30. The second kappa shape index (κ2) is 12.5. The topological polar surface area (TPSA) is 122 Å². The lowest BCUT2D eigenvalue weighted by molar-refractivity contribution is -0.261. The van der Waals surface area contributed by atoms with E-state index < -0.39 is 33.9 Å². The summed E-state index contributed by atoms with van der Waals surface area (Å²) in [6.07, 6.45) is -1.83. The van der Waals surface area contributed by atoms with E-state index in [1.165, 1.54) is 16.4 Å². The fourth-order valence-corrected chi connectivity index (χ4v) is 5.09. The minimum absolute atomic E-state index is 0.0101. The predicted molar refractivity (Wildman–Crippen MR) is 134 cm³/mol. The fourth-order valence-electron chi connectivity index (χ4n) is 3.47. The van der Waals surface area contributed by atoms with Crippen LogP contribution in [0.4, 0.5) is 0 Å². The van der Waals surface area contributed by atoms with Crippen LogP contribution >= 0.6 is 0 Å². The van der Waals surface area contributed by atoms with E-state index in [-0.39, 0.29) is 36.9 Å². The molecule has 8 nitrogen and oxygen atoms in total. The highest BCUT2D eigenvalue weighted by molar-refractivity contribution is 7.89. The van der Waals surface area contributed by atoms with Gasteiger partial charge in [0, 0.05) is 18.7 Å². The van der Waals surface area contributed by atoms with E-state index in [1.54, 1.807) is 32.9 Å². The molecule has 2 aromatic carbocycles. The van der Waals surface area contributed by atoms with E-state index in [0.29, 0.717) is 5.56 Å². The molecule has 0 amide bonds. The zero-order chi connectivity index (χ0) is 26.2. The molecular weight excluding hydrogens is 468 g/mol. The van der Waals surface area contributed by atoms with Crippen molar-refractivity contribution in [3.8, 4) is 0 Å². The molecule has 0 saturated heterocycles. The predicted octanol–water partition coefficient (Wildman–Crippen LogP) is 2.33. The van der Waals surface area contributed by atoms with Crippen molar-refractivity contribution in [3.63, 3.8) is 0 Å². The number of aliphatic imine (C=N–C) groups is 1. The highest BCUT2D eigenvalue weighted by atomic mass is 32.2. The number of benzene rings is 2. The van der Waals surface area contributed by atoms with E-state index >= 15 is 0 Å². The third-order valence-corrected chi connectivity index (χ3v) is 6.95. The van der Waals surface area contributed by atoms with E-state index in [9.17, 15) is 23.7 Å². The van der Waals surface area contributed by atoms with Crippen LogP contribution in [0, 0.1) is 5.92 Å². The molecule has 0 heterocycles. The Morgan fingerprint density at radius 1 is 1.03 bits per heavy atom. The number of aliphatic hydroxyl groups is 2. The molecule has 0 bridgehead atoms. The molecule has 0 saturated carbocycles. The smallest absolute Gasteiger partial charge is 0.243 e. The Morgan fingerprint density at radius 2 is 1.63 bits per heavy atom. The molecule has 0 aliphatic rings. The molecule has 0 aromatic heterocycles. The lowest BCUT2D eigenvalue weighted by Gasteiger charge is -2.32. The van der Waals surface area contributed by atoms with Gasteiger partial charge in [-0.25, -0.2) is 8.42 Å². The summed E-state index contributed by atoms with van der Waals surface area (Å²) in [5, 5.41) is 32.9. The van der Waals surface area contributed by atoms with Crippen LogP contribution in [0.5, 0.6) is 0 Å². The Hall–Kier alpha value is -2.46. The van der Waals surface area contributed by atoms with Crippen molar-refractivity contribution in [2.45, 2.75) is 70.3 Å². The monoisotopic (exact) mass is 505 g/mol. The maximum absolute atomic E-state index is 13.4. The molecule has 0 aliphatic heterocycles. The van der Waals surface area contributed by atoms with Gasteiger partial charge in [0.25, 0.3) is 0 Å². The standard InChI is InChI=1S/C26H38N2O6S/c1-19(2)16-28(35(32,33)22-13-11-21(18-29)12-14-22)17-24(30)23(15-20-9-7-6-8-10-20)27-25(31)34-26(3,4)5/h6-14,19,23-24,29-30H,15-18H2,1-5H3,(H,27,31)/p-1/t23-,24+/m0/s1. The highest BCUT2D eigenvalue weighted by Crippen LogP contribution is 2.21. The Kier molecular flexibility index (Phi) is 10.3. The molecule has 0 radical (unpaired) electrons. The first kappa shape index (κ1) is 28.8. The Labute approximate surface area is 209 Å². The van der Waals surface area contributed by atoms with Crippen molar-refractivity contribution < 1.29 is 28.5 Å². The van der Waals surface area contributed by atoms with Crippen LogP contribution < -0.4 is 5.11 Å². The molecule has 0 spiro atoms. The average Bonchev–Trinajstić information content (AvgIpc) is 2.77. The van der Waals surface area contributed by atoms with E-state index in [4.69, 9.17) is 4.74 Å². The summed E-state index contributed by atoms with van der Waals surface area (Å²) < 4.78 is 33.4. The Bertz CT molecular complexity index is 1050. The molecule has 2 aromatic rings. The zero-order valence-electron chi connectivity index (χ0n) is 21.1. The van der Waals surface area contributed by atoms with Crippen LogP contribution in [-0.2, 0) is 27.8 Å². The molecule has 0 fully saturated rings. The van der Waals surface area contributed by atoms with Crippen LogP contribution in [-0.4, -0.2) is 59.9 Å². The number of aliphatic hydroxyl groups excluding tert-OH is 2. The van der Waals surface area contributed by atoms with Gasteiger partial charge in [-0.15, -0.1) is 0 Å². The summed E-state index contributed by atoms with van der Waals surface area (Å²) in [5.41, 5.74) is 0.691. The SMILES string of the molecule is CC(C)CN(C[C@@H](O)[C@H](Cc1ccccc1)N=C([O-])OC(C)(C)C)S(=O)(=O)c1ccc(CO)cc1. The maximum Gasteiger partial charge on any atom is 0.243 e. The van der Waals surface area contributed by atoms with Gasteiger partial charge < -0.3 is 20.1 Å². The van der Waals surface area contributed by atoms with Crippen LogP contribution in [0.25, 0.3) is 0 Å². The molecular formula is C26H37N2O6S-. The van der Waals surface area contributed by atoms with Crippen molar-refractivity contribution in [3.05, 3.63) is 65.7 Å². The number of rotatable bonds is 11. The Balaban J connectivity index is 2.36. The van der Waals surface area contributed by atoms with Gasteiger partial charge in [0.1, 0.15) is 6.08 Å².